The van der Waals surface area contributed by atoms with Crippen LogP contribution in [0.3, 0.4) is 0 Å². The second kappa shape index (κ2) is 13.5. The van der Waals surface area contributed by atoms with Crippen molar-refractivity contribution < 1.29 is 63.3 Å². The molecule has 0 spiro atoms. The molecule has 9 heteroatoms. The normalized spacial score (nSPS) is 10.6. The van der Waals surface area contributed by atoms with E-state index in [2.05, 4.69) is 0 Å². The van der Waals surface area contributed by atoms with E-state index in [1.54, 1.807) is 24.3 Å². The summed E-state index contributed by atoms with van der Waals surface area (Å²) in [6.07, 6.45) is 3.15. The molecule has 0 atom stereocenters. The van der Waals surface area contributed by atoms with Crippen molar-refractivity contribution in [1.29, 1.82) is 0 Å². The second-order valence-electron chi connectivity index (χ2n) is 8.23. The first-order chi connectivity index (χ1) is 16.8. The number of phenolic OH excluding ortho intramolecular Hbond substituents is 1. The number of hydrogen-bond donors (Lipinski definition) is 1. The molecule has 0 fully saturated rings. The van der Waals surface area contributed by atoms with E-state index < -0.39 is 17.2 Å². The minimum absolute atomic E-state index is 0. The van der Waals surface area contributed by atoms with Gasteiger partial charge in [-0.25, -0.2) is 0 Å². The van der Waals surface area contributed by atoms with Crippen LogP contribution in [0.1, 0.15) is 72.1 Å². The van der Waals surface area contributed by atoms with Gasteiger partial charge in [-0.15, -0.1) is 0 Å². The van der Waals surface area contributed by atoms with Crippen LogP contribution in [0.5, 0.6) is 17.2 Å². The van der Waals surface area contributed by atoms with E-state index >= 15 is 0 Å². The van der Waals surface area contributed by atoms with E-state index in [-0.39, 0.29) is 57.6 Å². The fraction of sp³-hybridized carbons (Fsp3) is 0.370. The average Bonchev–Trinajstić information content (AvgIpc) is 2.81. The molecule has 36 heavy (non-hydrogen) atoms. The number of carboxylic acids is 1. The van der Waals surface area contributed by atoms with Gasteiger partial charge < -0.3 is 28.9 Å². The molecular formula is C27H29NaO8. The topological polar surface area (TPSA) is 126 Å². The molecule has 8 nitrogen and oxygen atoms in total. The van der Waals surface area contributed by atoms with Gasteiger partial charge >= 0.3 is 29.6 Å². The molecular weight excluding hydrogens is 475 g/mol. The molecule has 1 aromatic heterocycles. The molecule has 0 saturated carbocycles. The molecule has 3 rings (SSSR count). The van der Waals surface area contributed by atoms with Crippen LogP contribution in [0.2, 0.25) is 0 Å². The number of ketones is 1. The number of phenols is 1. The van der Waals surface area contributed by atoms with Crippen molar-refractivity contribution in [3.05, 3.63) is 63.0 Å². The Hall–Kier alpha value is -2.81. The number of carboxylic acid groups (broad SMARTS) is 1. The summed E-state index contributed by atoms with van der Waals surface area (Å²) in [6, 6.07) is 7.41. The Kier molecular flexibility index (Phi) is 11.0. The summed E-state index contributed by atoms with van der Waals surface area (Å²) in [7, 11) is 0. The maximum atomic E-state index is 12.3. The van der Waals surface area contributed by atoms with Gasteiger partial charge in [-0.2, -0.15) is 0 Å². The van der Waals surface area contributed by atoms with Gasteiger partial charge in [0.2, 0.25) is 0 Å². The Morgan fingerprint density at radius 1 is 0.972 bits per heavy atom. The van der Waals surface area contributed by atoms with E-state index in [9.17, 15) is 24.6 Å². The van der Waals surface area contributed by atoms with Gasteiger partial charge in [-0.1, -0.05) is 26.7 Å². The SMILES string of the molecule is CCCc1c(OCCCOc2ccc3c(=O)cc(C(=O)[O-])oc3c2CCC)ccc(C(C)=O)c1O.[Na+]. The van der Waals surface area contributed by atoms with Crippen molar-refractivity contribution in [3.8, 4) is 17.2 Å². The summed E-state index contributed by atoms with van der Waals surface area (Å²) in [5.41, 5.74) is 1.25. The van der Waals surface area contributed by atoms with Crippen molar-refractivity contribution in [2.24, 2.45) is 0 Å². The maximum absolute atomic E-state index is 12.3. The van der Waals surface area contributed by atoms with Gasteiger partial charge in [0, 0.05) is 23.6 Å². The number of carbonyl (C=O) groups is 2. The quantitative estimate of drug-likeness (QED) is 0.218. The maximum Gasteiger partial charge on any atom is 1.00 e. The van der Waals surface area contributed by atoms with Crippen LogP contribution < -0.4 is 49.6 Å². The van der Waals surface area contributed by atoms with Crippen LogP contribution >= 0.6 is 0 Å². The minimum atomic E-state index is -1.56. The predicted octanol–water partition coefficient (Wildman–Crippen LogP) is 0.822. The minimum Gasteiger partial charge on any atom is -0.542 e. The van der Waals surface area contributed by atoms with E-state index in [4.69, 9.17) is 13.9 Å². The summed E-state index contributed by atoms with van der Waals surface area (Å²) in [6.45, 7) is 5.96. The van der Waals surface area contributed by atoms with Crippen LogP contribution in [0, 0.1) is 0 Å². The third-order valence-electron chi connectivity index (χ3n) is 5.58. The van der Waals surface area contributed by atoms with Crippen LogP contribution in [0.25, 0.3) is 11.0 Å². The monoisotopic (exact) mass is 504 g/mol. The molecule has 0 bridgehead atoms. The third-order valence-corrected chi connectivity index (χ3v) is 5.58. The van der Waals surface area contributed by atoms with Crippen molar-refractivity contribution in [1.82, 2.24) is 0 Å². The van der Waals surface area contributed by atoms with Crippen LogP contribution in [-0.2, 0) is 12.8 Å². The number of hydrogen-bond acceptors (Lipinski definition) is 8. The van der Waals surface area contributed by atoms with Crippen LogP contribution in [0.4, 0.5) is 0 Å². The average molecular weight is 505 g/mol. The first-order valence-corrected chi connectivity index (χ1v) is 11.7. The molecule has 1 N–H and O–H groups in total. The molecule has 3 aromatic rings. The molecule has 0 aliphatic carbocycles. The number of aromatic hydroxyl groups is 1. The Bertz CT molecular complexity index is 1300. The summed E-state index contributed by atoms with van der Waals surface area (Å²) >= 11 is 0. The van der Waals surface area contributed by atoms with Crippen molar-refractivity contribution in [3.63, 3.8) is 0 Å². The Morgan fingerprint density at radius 2 is 1.56 bits per heavy atom. The Morgan fingerprint density at radius 3 is 2.14 bits per heavy atom. The number of aryl methyl sites for hydroxylation is 1. The number of carbonyl (C=O) groups excluding carboxylic acids is 2. The number of Topliss-reactive ketones (excluding diaryl/α,β-unsaturated/α-hetero) is 1. The van der Waals surface area contributed by atoms with Gasteiger partial charge in [0.1, 0.15) is 28.8 Å². The summed E-state index contributed by atoms with van der Waals surface area (Å²) in [5, 5.41) is 22.0. The summed E-state index contributed by atoms with van der Waals surface area (Å²) in [5.74, 6) is -1.28. The zero-order valence-corrected chi connectivity index (χ0v) is 23.1. The first-order valence-electron chi connectivity index (χ1n) is 11.7. The largest absolute Gasteiger partial charge is 1.00 e. The summed E-state index contributed by atoms with van der Waals surface area (Å²) in [4.78, 5) is 35.3. The van der Waals surface area contributed by atoms with Crippen molar-refractivity contribution in [2.75, 3.05) is 13.2 Å². The van der Waals surface area contributed by atoms with Gasteiger partial charge in [0.25, 0.3) is 0 Å². The number of benzene rings is 2. The molecule has 0 amide bonds. The Balaban J connectivity index is 0.00000456. The Labute approximate surface area is 231 Å². The molecule has 0 saturated heterocycles. The summed E-state index contributed by atoms with van der Waals surface area (Å²) < 4.78 is 17.3. The fourth-order valence-electron chi connectivity index (χ4n) is 3.93. The van der Waals surface area contributed by atoms with Gasteiger partial charge in [-0.3, -0.25) is 9.59 Å². The molecule has 1 heterocycles. The van der Waals surface area contributed by atoms with Crippen LogP contribution in [0.15, 0.2) is 39.5 Å². The van der Waals surface area contributed by atoms with Gasteiger partial charge in [0.05, 0.1) is 24.2 Å². The zero-order chi connectivity index (χ0) is 25.5. The number of rotatable bonds is 12. The number of fused-ring (bicyclic) bond motifs is 1. The van der Waals surface area contributed by atoms with Crippen LogP contribution in [-0.4, -0.2) is 30.1 Å². The smallest absolute Gasteiger partial charge is 0.542 e. The third kappa shape index (κ3) is 6.69. The standard InChI is InChI=1S/C27H30O8.Na/c1-4-7-19-22(11-9-17(16(3)28)25(19)30)33-13-6-14-34-23-12-10-18-21(29)15-24(27(31)32)35-26(18)20(23)8-5-2;/h9-12,15,30H,4-8,13-14H2,1-3H3,(H,31,32);/q;+1/p-1. The molecule has 0 radical (unpaired) electrons. The second-order valence-corrected chi connectivity index (χ2v) is 8.23. The van der Waals surface area contributed by atoms with Crippen molar-refractivity contribution >= 4 is 22.7 Å². The fourth-order valence-corrected chi connectivity index (χ4v) is 3.93. The molecule has 0 unspecified atom stereocenters. The van der Waals surface area contributed by atoms with E-state index in [0.29, 0.717) is 55.1 Å². The van der Waals surface area contributed by atoms with E-state index in [0.717, 1.165) is 18.9 Å². The number of aromatic carboxylic acids is 1. The van der Waals surface area contributed by atoms with Gasteiger partial charge in [-0.05, 0) is 44.0 Å². The predicted molar refractivity (Wildman–Crippen MR) is 129 cm³/mol. The molecule has 0 aliphatic heterocycles. The van der Waals surface area contributed by atoms with Crippen molar-refractivity contribution in [2.45, 2.75) is 52.9 Å². The van der Waals surface area contributed by atoms with E-state index in [1.165, 1.54) is 6.92 Å². The molecule has 186 valence electrons. The molecule has 2 aromatic carbocycles. The number of ether oxygens (including phenoxy) is 2. The van der Waals surface area contributed by atoms with E-state index in [1.807, 2.05) is 13.8 Å². The zero-order valence-electron chi connectivity index (χ0n) is 21.1. The first kappa shape index (κ1) is 29.4. The molecule has 0 aliphatic rings. The van der Waals surface area contributed by atoms with Gasteiger partial charge in [0.15, 0.2) is 17.0 Å².